The maximum absolute atomic E-state index is 12.2. The van der Waals surface area contributed by atoms with E-state index < -0.39 is 28.9 Å². The van der Waals surface area contributed by atoms with Gasteiger partial charge < -0.3 is 10.1 Å². The minimum atomic E-state index is -1.24. The second-order valence-electron chi connectivity index (χ2n) is 6.09. The summed E-state index contributed by atoms with van der Waals surface area (Å²) in [5, 5.41) is 15.5. The summed E-state index contributed by atoms with van der Waals surface area (Å²) in [4.78, 5) is 46.2. The maximum Gasteiger partial charge on any atom is 0.339 e. The molecule has 9 nitrogen and oxygen atoms in total. The number of nitrogens with zero attached hydrogens (tertiary/aromatic N) is 1. The molecule has 0 bridgehead atoms. The van der Waals surface area contributed by atoms with Gasteiger partial charge in [-0.05, 0) is 37.1 Å². The number of rotatable bonds is 8. The number of urea groups is 1. The Hall–Kier alpha value is -2.62. The van der Waals surface area contributed by atoms with Crippen molar-refractivity contribution in [3.63, 3.8) is 0 Å². The summed E-state index contributed by atoms with van der Waals surface area (Å²) in [6, 6.07) is 3.30. The Morgan fingerprint density at radius 3 is 2.48 bits per heavy atom. The number of nitro benzene ring substituents is 1. The summed E-state index contributed by atoms with van der Waals surface area (Å²) < 4.78 is 4.97. The van der Waals surface area contributed by atoms with Gasteiger partial charge in [-0.1, -0.05) is 13.8 Å². The Balaban J connectivity index is 2.85. The minimum Gasteiger partial charge on any atom is -0.449 e. The number of nitrogens with one attached hydrogen (secondary N) is 2. The van der Waals surface area contributed by atoms with Gasteiger partial charge in [0.1, 0.15) is 0 Å². The predicted molar refractivity (Wildman–Crippen MR) is 101 cm³/mol. The summed E-state index contributed by atoms with van der Waals surface area (Å²) in [7, 11) is 1.33. The largest absolute Gasteiger partial charge is 0.449 e. The molecule has 1 atom stereocenters. The van der Waals surface area contributed by atoms with E-state index in [1.54, 1.807) is 0 Å². The van der Waals surface area contributed by atoms with E-state index in [9.17, 15) is 24.5 Å². The molecular formula is C17H23N3O6S. The molecule has 0 aliphatic heterocycles. The first kappa shape index (κ1) is 22.4. The van der Waals surface area contributed by atoms with Crippen LogP contribution in [0, 0.1) is 16.0 Å². The summed E-state index contributed by atoms with van der Waals surface area (Å²) in [6.45, 7) is 5.42. The number of esters is 1. The third-order valence-corrected chi connectivity index (χ3v) is 4.56. The molecule has 0 radical (unpaired) electrons. The van der Waals surface area contributed by atoms with Crippen LogP contribution in [0.2, 0.25) is 0 Å². The van der Waals surface area contributed by atoms with Crippen LogP contribution < -0.4 is 10.6 Å². The SMILES string of the molecule is CNC(=O)NC(=O)[C@@H](C)OC(=O)c1ccc(SCCC(C)C)c([N+](=O)[O-])c1. The van der Waals surface area contributed by atoms with Crippen molar-refractivity contribution < 1.29 is 24.0 Å². The van der Waals surface area contributed by atoms with Gasteiger partial charge in [0, 0.05) is 13.1 Å². The molecule has 0 aromatic heterocycles. The van der Waals surface area contributed by atoms with Gasteiger partial charge in [0.15, 0.2) is 6.10 Å². The average Bonchev–Trinajstić information content (AvgIpc) is 2.60. The van der Waals surface area contributed by atoms with Crippen LogP contribution in [0.5, 0.6) is 0 Å². The topological polar surface area (TPSA) is 128 Å². The zero-order valence-corrected chi connectivity index (χ0v) is 16.4. The van der Waals surface area contributed by atoms with E-state index in [1.165, 1.54) is 37.9 Å². The summed E-state index contributed by atoms with van der Waals surface area (Å²) in [5.74, 6) is -0.499. The fourth-order valence-corrected chi connectivity index (χ4v) is 3.13. The van der Waals surface area contributed by atoms with Crippen molar-refractivity contribution in [2.75, 3.05) is 12.8 Å². The molecule has 0 spiro atoms. The Labute approximate surface area is 161 Å². The molecule has 10 heteroatoms. The van der Waals surface area contributed by atoms with Crippen LogP contribution in [0.3, 0.4) is 0 Å². The maximum atomic E-state index is 12.2. The molecule has 0 unspecified atom stereocenters. The number of imide groups is 1. The van der Waals surface area contributed by atoms with Crippen molar-refractivity contribution in [2.24, 2.45) is 5.92 Å². The van der Waals surface area contributed by atoms with Gasteiger partial charge in [0.25, 0.3) is 11.6 Å². The van der Waals surface area contributed by atoms with Gasteiger partial charge in [0.2, 0.25) is 0 Å². The first-order valence-electron chi connectivity index (χ1n) is 8.30. The van der Waals surface area contributed by atoms with E-state index >= 15 is 0 Å². The van der Waals surface area contributed by atoms with Crippen LogP contribution in [0.1, 0.15) is 37.6 Å². The smallest absolute Gasteiger partial charge is 0.339 e. The van der Waals surface area contributed by atoms with Crippen LogP contribution in [0.4, 0.5) is 10.5 Å². The number of benzene rings is 1. The van der Waals surface area contributed by atoms with E-state index in [4.69, 9.17) is 4.74 Å². The quantitative estimate of drug-likeness (QED) is 0.299. The first-order chi connectivity index (χ1) is 12.6. The van der Waals surface area contributed by atoms with Crippen LogP contribution in [0.15, 0.2) is 23.1 Å². The molecule has 148 valence electrons. The van der Waals surface area contributed by atoms with Gasteiger partial charge in [0.05, 0.1) is 15.4 Å². The van der Waals surface area contributed by atoms with Crippen LogP contribution >= 0.6 is 11.8 Å². The molecule has 1 rings (SSSR count). The molecule has 0 heterocycles. The molecule has 0 aliphatic rings. The number of carbonyl (C=O) groups is 3. The minimum absolute atomic E-state index is 0.0468. The fraction of sp³-hybridized carbons (Fsp3) is 0.471. The molecule has 3 amide bonds. The second kappa shape index (κ2) is 10.5. The number of ether oxygens (including phenoxy) is 1. The zero-order chi connectivity index (χ0) is 20.6. The van der Waals surface area contributed by atoms with Crippen LogP contribution in [-0.4, -0.2) is 41.7 Å². The van der Waals surface area contributed by atoms with E-state index in [2.05, 4.69) is 19.2 Å². The molecule has 27 heavy (non-hydrogen) atoms. The Morgan fingerprint density at radius 2 is 1.93 bits per heavy atom. The highest BCUT2D eigenvalue weighted by Crippen LogP contribution is 2.31. The highest BCUT2D eigenvalue weighted by atomic mass is 32.2. The monoisotopic (exact) mass is 397 g/mol. The molecule has 0 aliphatic carbocycles. The molecular weight excluding hydrogens is 374 g/mol. The van der Waals surface area contributed by atoms with Crippen molar-refractivity contribution >= 4 is 35.4 Å². The highest BCUT2D eigenvalue weighted by Gasteiger charge is 2.23. The predicted octanol–water partition coefficient (Wildman–Crippen LogP) is 2.73. The Kier molecular flexibility index (Phi) is 8.73. The van der Waals surface area contributed by atoms with Gasteiger partial charge in [-0.15, -0.1) is 11.8 Å². The van der Waals surface area contributed by atoms with Crippen LogP contribution in [-0.2, 0) is 9.53 Å². The number of hydrogen-bond acceptors (Lipinski definition) is 7. The average molecular weight is 397 g/mol. The number of nitro groups is 1. The fourth-order valence-electron chi connectivity index (χ4n) is 1.87. The van der Waals surface area contributed by atoms with Crippen molar-refractivity contribution in [3.05, 3.63) is 33.9 Å². The van der Waals surface area contributed by atoms with E-state index in [0.717, 1.165) is 18.2 Å². The lowest BCUT2D eigenvalue weighted by molar-refractivity contribution is -0.387. The molecule has 2 N–H and O–H groups in total. The highest BCUT2D eigenvalue weighted by molar-refractivity contribution is 7.99. The van der Waals surface area contributed by atoms with Crippen molar-refractivity contribution in [2.45, 2.75) is 38.2 Å². The summed E-state index contributed by atoms with van der Waals surface area (Å²) >= 11 is 1.35. The van der Waals surface area contributed by atoms with Crippen molar-refractivity contribution in [3.8, 4) is 0 Å². The molecule has 0 saturated heterocycles. The third-order valence-electron chi connectivity index (χ3n) is 3.46. The summed E-state index contributed by atoms with van der Waals surface area (Å²) in [6.07, 6.45) is -0.335. The molecule has 1 aromatic rings. The van der Waals surface area contributed by atoms with E-state index in [-0.39, 0.29) is 11.3 Å². The Morgan fingerprint density at radius 1 is 1.26 bits per heavy atom. The van der Waals surface area contributed by atoms with Crippen molar-refractivity contribution in [1.29, 1.82) is 0 Å². The summed E-state index contributed by atoms with van der Waals surface area (Å²) in [5.41, 5.74) is -0.241. The Bertz CT molecular complexity index is 723. The van der Waals surface area contributed by atoms with E-state index in [1.807, 2.05) is 5.32 Å². The number of thioether (sulfide) groups is 1. The van der Waals surface area contributed by atoms with Gasteiger partial charge in [-0.3, -0.25) is 20.2 Å². The van der Waals surface area contributed by atoms with Crippen molar-refractivity contribution in [1.82, 2.24) is 10.6 Å². The normalized spacial score (nSPS) is 11.6. The zero-order valence-electron chi connectivity index (χ0n) is 15.6. The lowest BCUT2D eigenvalue weighted by Gasteiger charge is -2.13. The van der Waals surface area contributed by atoms with Gasteiger partial charge >= 0.3 is 12.0 Å². The third kappa shape index (κ3) is 7.26. The van der Waals surface area contributed by atoms with E-state index in [0.29, 0.717) is 10.8 Å². The van der Waals surface area contributed by atoms with Crippen LogP contribution in [0.25, 0.3) is 0 Å². The lowest BCUT2D eigenvalue weighted by atomic mass is 10.2. The number of hydrogen-bond donors (Lipinski definition) is 2. The first-order valence-corrected chi connectivity index (χ1v) is 9.29. The standard InChI is InChI=1S/C17H23N3O6S/c1-10(2)7-8-27-14-6-5-12(9-13(14)20(24)25)16(22)26-11(3)15(21)19-17(23)18-4/h5-6,9-11H,7-8H2,1-4H3,(H2,18,19,21,23)/t11-/m1/s1. The molecule has 1 aromatic carbocycles. The van der Waals surface area contributed by atoms with Gasteiger partial charge in [-0.2, -0.15) is 0 Å². The molecule has 0 saturated carbocycles. The molecule has 0 fully saturated rings. The number of carbonyl (C=O) groups excluding carboxylic acids is 3. The number of amides is 3. The lowest BCUT2D eigenvalue weighted by Crippen LogP contribution is -2.43. The van der Waals surface area contributed by atoms with Gasteiger partial charge in [-0.25, -0.2) is 9.59 Å². The second-order valence-corrected chi connectivity index (χ2v) is 7.22.